The molecule has 1 heterocycles. The monoisotopic (exact) mass is 349 g/mol. The van der Waals surface area contributed by atoms with Crippen LogP contribution in [-0.2, 0) is 19.1 Å². The van der Waals surface area contributed by atoms with Gasteiger partial charge in [-0.15, -0.1) is 6.58 Å². The summed E-state index contributed by atoms with van der Waals surface area (Å²) in [6.07, 6.45) is 4.73. The number of morpholine rings is 1. The smallest absolute Gasteiger partial charge is 0.330 e. The average molecular weight is 350 g/mol. The predicted molar refractivity (Wildman–Crippen MR) is 91.6 cm³/mol. The van der Waals surface area contributed by atoms with Crippen molar-refractivity contribution < 1.29 is 19.1 Å². The van der Waals surface area contributed by atoms with Crippen LogP contribution in [0.1, 0.15) is 18.0 Å². The lowest BCUT2D eigenvalue weighted by molar-refractivity contribution is -0.143. The van der Waals surface area contributed by atoms with Crippen LogP contribution >= 0.6 is 11.6 Å². The first-order chi connectivity index (χ1) is 11.6. The molecule has 1 aliphatic heterocycles. The highest BCUT2D eigenvalue weighted by Crippen LogP contribution is 2.29. The van der Waals surface area contributed by atoms with Crippen molar-refractivity contribution in [1.29, 1.82) is 0 Å². The van der Waals surface area contributed by atoms with Gasteiger partial charge in [0.05, 0.1) is 32.4 Å². The first kappa shape index (κ1) is 18.2. The summed E-state index contributed by atoms with van der Waals surface area (Å²) in [6.45, 7) is 4.33. The van der Waals surface area contributed by atoms with E-state index in [-0.39, 0.29) is 24.4 Å². The van der Waals surface area contributed by atoms with Crippen LogP contribution in [0, 0.1) is 0 Å². The molecular weight excluding hydrogens is 330 g/mol. The van der Waals surface area contributed by atoms with Gasteiger partial charge in [0.15, 0.2) is 0 Å². The first-order valence-corrected chi connectivity index (χ1v) is 7.96. The Kier molecular flexibility index (Phi) is 6.58. The van der Waals surface area contributed by atoms with Crippen LogP contribution in [-0.4, -0.2) is 43.1 Å². The zero-order valence-electron chi connectivity index (χ0n) is 13.5. The van der Waals surface area contributed by atoms with Crippen LogP contribution in [0.15, 0.2) is 49.1 Å². The van der Waals surface area contributed by atoms with Gasteiger partial charge in [-0.1, -0.05) is 35.9 Å². The molecule has 2 rings (SSSR count). The lowest BCUT2D eigenvalue weighted by atomic mass is 10.0. The van der Waals surface area contributed by atoms with Crippen LogP contribution in [0.3, 0.4) is 0 Å². The van der Waals surface area contributed by atoms with Gasteiger partial charge >= 0.3 is 5.97 Å². The van der Waals surface area contributed by atoms with E-state index in [1.165, 1.54) is 13.2 Å². The fourth-order valence-electron chi connectivity index (χ4n) is 2.63. The quantitative estimate of drug-likeness (QED) is 0.466. The van der Waals surface area contributed by atoms with E-state index in [0.717, 1.165) is 5.56 Å². The number of halogens is 1. The molecule has 0 aliphatic carbocycles. The zero-order valence-corrected chi connectivity index (χ0v) is 14.2. The van der Waals surface area contributed by atoms with Crippen molar-refractivity contribution in [3.8, 4) is 0 Å². The minimum Gasteiger partial charge on any atom is -0.466 e. The molecular formula is C18H20ClNO4. The van der Waals surface area contributed by atoms with Crippen LogP contribution < -0.4 is 0 Å². The Hall–Kier alpha value is -2.11. The number of benzene rings is 1. The molecule has 128 valence electrons. The lowest BCUT2D eigenvalue weighted by Crippen LogP contribution is -2.49. The third kappa shape index (κ3) is 4.46. The second kappa shape index (κ2) is 8.66. The molecule has 1 fully saturated rings. The molecule has 0 radical (unpaired) electrons. The van der Waals surface area contributed by atoms with E-state index in [0.29, 0.717) is 18.2 Å². The Morgan fingerprint density at radius 1 is 1.38 bits per heavy atom. The highest BCUT2D eigenvalue weighted by Gasteiger charge is 2.34. The topological polar surface area (TPSA) is 55.8 Å². The van der Waals surface area contributed by atoms with E-state index in [4.69, 9.17) is 16.3 Å². The van der Waals surface area contributed by atoms with E-state index < -0.39 is 5.97 Å². The average Bonchev–Trinajstić information content (AvgIpc) is 2.60. The minimum atomic E-state index is -0.472. The van der Waals surface area contributed by atoms with Crippen LogP contribution in [0.2, 0.25) is 5.02 Å². The van der Waals surface area contributed by atoms with Crippen molar-refractivity contribution in [1.82, 2.24) is 4.90 Å². The van der Waals surface area contributed by atoms with Crippen molar-refractivity contribution in [3.05, 3.63) is 59.7 Å². The normalized spacial score (nSPS) is 20.8. The number of methoxy groups -OCH3 is 1. The third-order valence-electron chi connectivity index (χ3n) is 3.77. The molecule has 0 saturated carbocycles. The number of carbonyl (C=O) groups excluding carboxylic acids is 2. The Labute approximate surface area is 146 Å². The van der Waals surface area contributed by atoms with Crippen molar-refractivity contribution >= 4 is 23.5 Å². The van der Waals surface area contributed by atoms with Crippen molar-refractivity contribution in [2.45, 2.75) is 18.5 Å². The van der Waals surface area contributed by atoms with Gasteiger partial charge in [0.2, 0.25) is 5.91 Å². The predicted octanol–water partition coefficient (Wildman–Crippen LogP) is 2.91. The van der Waals surface area contributed by atoms with Gasteiger partial charge in [-0.3, -0.25) is 4.79 Å². The number of nitrogens with zero attached hydrogens (tertiary/aromatic N) is 1. The summed E-state index contributed by atoms with van der Waals surface area (Å²) in [5.41, 5.74) is 0.924. The molecule has 24 heavy (non-hydrogen) atoms. The molecule has 6 heteroatoms. The summed E-state index contributed by atoms with van der Waals surface area (Å²) < 4.78 is 10.3. The fourth-order valence-corrected chi connectivity index (χ4v) is 2.75. The molecule has 1 amide bonds. The Bertz CT molecular complexity index is 626. The summed E-state index contributed by atoms with van der Waals surface area (Å²) in [7, 11) is 1.31. The molecule has 0 unspecified atom stereocenters. The van der Waals surface area contributed by atoms with Crippen molar-refractivity contribution in [3.63, 3.8) is 0 Å². The molecule has 1 aromatic rings. The Morgan fingerprint density at radius 2 is 2.08 bits per heavy atom. The largest absolute Gasteiger partial charge is 0.466 e. The molecule has 1 aliphatic rings. The summed E-state index contributed by atoms with van der Waals surface area (Å²) >= 11 is 5.94. The number of carbonyl (C=O) groups is 2. The van der Waals surface area contributed by atoms with E-state index in [2.05, 4.69) is 11.3 Å². The minimum absolute atomic E-state index is 0.0761. The zero-order chi connectivity index (χ0) is 17.5. The van der Waals surface area contributed by atoms with E-state index >= 15 is 0 Å². The maximum Gasteiger partial charge on any atom is 0.330 e. The van der Waals surface area contributed by atoms with Gasteiger partial charge in [-0.25, -0.2) is 4.79 Å². The molecule has 0 aromatic heterocycles. The number of hydrogen-bond donors (Lipinski definition) is 0. The number of esters is 1. The number of amides is 1. The summed E-state index contributed by atoms with van der Waals surface area (Å²) in [5, 5.41) is 0.626. The first-order valence-electron chi connectivity index (χ1n) is 7.58. The van der Waals surface area contributed by atoms with Crippen LogP contribution in [0.25, 0.3) is 0 Å². The van der Waals surface area contributed by atoms with Gasteiger partial charge in [-0.05, 0) is 17.7 Å². The van der Waals surface area contributed by atoms with Gasteiger partial charge < -0.3 is 14.4 Å². The highest BCUT2D eigenvalue weighted by molar-refractivity contribution is 6.30. The lowest BCUT2D eigenvalue weighted by Gasteiger charge is -2.41. The Balaban J connectivity index is 2.31. The Morgan fingerprint density at radius 3 is 2.71 bits per heavy atom. The summed E-state index contributed by atoms with van der Waals surface area (Å²) in [4.78, 5) is 25.7. The number of rotatable bonds is 5. The van der Waals surface area contributed by atoms with Gasteiger partial charge in [0.25, 0.3) is 0 Å². The van der Waals surface area contributed by atoms with E-state index in [1.807, 2.05) is 12.1 Å². The fraction of sp³-hybridized carbons (Fsp3) is 0.333. The maximum atomic E-state index is 12.6. The number of hydrogen-bond acceptors (Lipinski definition) is 4. The summed E-state index contributed by atoms with van der Waals surface area (Å²) in [6, 6.07) is 6.69. The summed E-state index contributed by atoms with van der Waals surface area (Å²) in [5.74, 6) is -0.549. The SMILES string of the molecule is C=CCC(=O)N1[C@@H](/C=C\C(=O)OC)COC[C@H]1c1ccc(Cl)cc1. The molecule has 1 aromatic carbocycles. The van der Waals surface area contributed by atoms with E-state index in [9.17, 15) is 9.59 Å². The van der Waals surface area contributed by atoms with Crippen LogP contribution in [0.5, 0.6) is 0 Å². The maximum absolute atomic E-state index is 12.6. The second-order valence-corrected chi connectivity index (χ2v) is 5.78. The molecule has 0 N–H and O–H groups in total. The van der Waals surface area contributed by atoms with E-state index in [1.54, 1.807) is 29.2 Å². The third-order valence-corrected chi connectivity index (χ3v) is 4.03. The second-order valence-electron chi connectivity index (χ2n) is 5.35. The standard InChI is InChI=1S/C18H20ClNO4/c1-3-4-17(21)20-15(9-10-18(22)23-2)11-24-12-16(20)13-5-7-14(19)8-6-13/h3,5-10,15-16H,1,4,11-12H2,2H3/b10-9-/t15-,16-/m0/s1. The molecule has 1 saturated heterocycles. The number of ether oxygens (including phenoxy) is 2. The highest BCUT2D eigenvalue weighted by atomic mass is 35.5. The molecule has 0 spiro atoms. The molecule has 2 atom stereocenters. The molecule has 0 bridgehead atoms. The van der Waals surface area contributed by atoms with Gasteiger partial charge in [-0.2, -0.15) is 0 Å². The van der Waals surface area contributed by atoms with Gasteiger partial charge in [0, 0.05) is 17.5 Å². The van der Waals surface area contributed by atoms with Crippen molar-refractivity contribution in [2.24, 2.45) is 0 Å². The van der Waals surface area contributed by atoms with Crippen molar-refractivity contribution in [2.75, 3.05) is 20.3 Å². The molecule has 5 nitrogen and oxygen atoms in total. The van der Waals surface area contributed by atoms with Crippen LogP contribution in [0.4, 0.5) is 0 Å². The van der Waals surface area contributed by atoms with Gasteiger partial charge in [0.1, 0.15) is 0 Å².